The average molecular weight is 254 g/mol. The van der Waals surface area contributed by atoms with Crippen molar-refractivity contribution in [2.75, 3.05) is 39.9 Å². The van der Waals surface area contributed by atoms with Crippen LogP contribution in [0.15, 0.2) is 0 Å². The van der Waals surface area contributed by atoms with Crippen molar-refractivity contribution >= 4 is 0 Å². The SMILES string of the molecule is CNC1CCCN(CCCCC2CCOCC2)C1. The molecule has 18 heavy (non-hydrogen) atoms. The van der Waals surface area contributed by atoms with Crippen LogP contribution >= 0.6 is 0 Å². The molecule has 0 saturated carbocycles. The predicted molar refractivity (Wildman–Crippen MR) is 75.9 cm³/mol. The van der Waals surface area contributed by atoms with Crippen LogP contribution < -0.4 is 5.32 Å². The molecule has 2 heterocycles. The van der Waals surface area contributed by atoms with Crippen molar-refractivity contribution in [2.24, 2.45) is 5.92 Å². The molecular formula is C15H30N2O. The van der Waals surface area contributed by atoms with Crippen LogP contribution in [-0.4, -0.2) is 50.8 Å². The molecule has 1 N–H and O–H groups in total. The summed E-state index contributed by atoms with van der Waals surface area (Å²) in [5.41, 5.74) is 0. The summed E-state index contributed by atoms with van der Waals surface area (Å²) < 4.78 is 5.41. The number of piperidine rings is 1. The first-order valence-electron chi connectivity index (χ1n) is 7.86. The monoisotopic (exact) mass is 254 g/mol. The number of likely N-dealkylation sites (N-methyl/N-ethyl adjacent to an activating group) is 1. The second-order valence-electron chi connectivity index (χ2n) is 5.98. The highest BCUT2D eigenvalue weighted by atomic mass is 16.5. The average Bonchev–Trinajstić information content (AvgIpc) is 2.45. The summed E-state index contributed by atoms with van der Waals surface area (Å²) in [5, 5.41) is 3.42. The van der Waals surface area contributed by atoms with E-state index in [2.05, 4.69) is 17.3 Å². The number of unbranched alkanes of at least 4 members (excludes halogenated alkanes) is 1. The Morgan fingerprint density at radius 2 is 2.00 bits per heavy atom. The van der Waals surface area contributed by atoms with Gasteiger partial charge in [-0.25, -0.2) is 0 Å². The van der Waals surface area contributed by atoms with E-state index in [0.717, 1.165) is 25.2 Å². The van der Waals surface area contributed by atoms with Crippen LogP contribution in [0.5, 0.6) is 0 Å². The topological polar surface area (TPSA) is 24.5 Å². The lowest BCUT2D eigenvalue weighted by molar-refractivity contribution is 0.0627. The van der Waals surface area contributed by atoms with Gasteiger partial charge in [-0.05, 0) is 58.2 Å². The minimum absolute atomic E-state index is 0.731. The Bertz CT molecular complexity index is 217. The first-order chi connectivity index (χ1) is 8.88. The van der Waals surface area contributed by atoms with Gasteiger partial charge in [0.15, 0.2) is 0 Å². The molecule has 0 aromatic carbocycles. The molecule has 0 amide bonds. The highest BCUT2D eigenvalue weighted by Gasteiger charge is 2.18. The number of hydrogen-bond acceptors (Lipinski definition) is 3. The fraction of sp³-hybridized carbons (Fsp3) is 1.00. The number of hydrogen-bond donors (Lipinski definition) is 1. The maximum atomic E-state index is 5.41. The summed E-state index contributed by atoms with van der Waals surface area (Å²) in [5.74, 6) is 0.949. The van der Waals surface area contributed by atoms with Gasteiger partial charge >= 0.3 is 0 Å². The van der Waals surface area contributed by atoms with Crippen LogP contribution in [0.25, 0.3) is 0 Å². The fourth-order valence-electron chi connectivity index (χ4n) is 3.30. The van der Waals surface area contributed by atoms with Crippen molar-refractivity contribution in [3.05, 3.63) is 0 Å². The van der Waals surface area contributed by atoms with Crippen molar-refractivity contribution in [1.29, 1.82) is 0 Å². The van der Waals surface area contributed by atoms with Crippen LogP contribution in [-0.2, 0) is 4.74 Å². The summed E-state index contributed by atoms with van der Waals surface area (Å²) in [6, 6.07) is 0.731. The summed E-state index contributed by atoms with van der Waals surface area (Å²) in [6.45, 7) is 5.88. The third kappa shape index (κ3) is 4.87. The molecule has 2 fully saturated rings. The second-order valence-corrected chi connectivity index (χ2v) is 5.98. The zero-order chi connectivity index (χ0) is 12.6. The number of ether oxygens (including phenoxy) is 1. The number of rotatable bonds is 6. The Balaban J connectivity index is 1.52. The molecule has 2 saturated heterocycles. The third-order valence-electron chi connectivity index (χ3n) is 4.59. The van der Waals surface area contributed by atoms with Crippen molar-refractivity contribution in [3.63, 3.8) is 0 Å². The largest absolute Gasteiger partial charge is 0.381 e. The van der Waals surface area contributed by atoms with E-state index in [1.54, 1.807) is 0 Å². The molecule has 2 aliphatic heterocycles. The predicted octanol–water partition coefficient (Wildman–Crippen LogP) is 2.27. The van der Waals surface area contributed by atoms with E-state index >= 15 is 0 Å². The van der Waals surface area contributed by atoms with E-state index in [9.17, 15) is 0 Å². The number of likely N-dealkylation sites (tertiary alicyclic amines) is 1. The molecule has 0 aliphatic carbocycles. The van der Waals surface area contributed by atoms with Gasteiger partial charge in [0.1, 0.15) is 0 Å². The van der Waals surface area contributed by atoms with Crippen LogP contribution in [0.3, 0.4) is 0 Å². The fourth-order valence-corrected chi connectivity index (χ4v) is 3.30. The van der Waals surface area contributed by atoms with Crippen LogP contribution in [0, 0.1) is 5.92 Å². The van der Waals surface area contributed by atoms with Gasteiger partial charge < -0.3 is 15.0 Å². The molecule has 1 unspecified atom stereocenters. The van der Waals surface area contributed by atoms with Gasteiger partial charge in [0.25, 0.3) is 0 Å². The molecular weight excluding hydrogens is 224 g/mol. The summed E-state index contributed by atoms with van der Waals surface area (Å²) >= 11 is 0. The molecule has 0 bridgehead atoms. The lowest BCUT2D eigenvalue weighted by Crippen LogP contribution is -2.44. The van der Waals surface area contributed by atoms with Gasteiger partial charge in [-0.15, -0.1) is 0 Å². The maximum absolute atomic E-state index is 5.41. The Hall–Kier alpha value is -0.120. The molecule has 2 rings (SSSR count). The Labute approximate surface area is 112 Å². The maximum Gasteiger partial charge on any atom is 0.0468 e. The van der Waals surface area contributed by atoms with Crippen molar-refractivity contribution in [3.8, 4) is 0 Å². The van der Waals surface area contributed by atoms with Gasteiger partial charge in [-0.3, -0.25) is 0 Å². The normalized spacial score (nSPS) is 27.5. The smallest absolute Gasteiger partial charge is 0.0468 e. The molecule has 3 nitrogen and oxygen atoms in total. The van der Waals surface area contributed by atoms with Gasteiger partial charge in [0.2, 0.25) is 0 Å². The first kappa shape index (κ1) is 14.3. The van der Waals surface area contributed by atoms with E-state index < -0.39 is 0 Å². The molecule has 0 spiro atoms. The van der Waals surface area contributed by atoms with Gasteiger partial charge in [-0.2, -0.15) is 0 Å². The first-order valence-corrected chi connectivity index (χ1v) is 7.86. The Morgan fingerprint density at radius 3 is 2.78 bits per heavy atom. The van der Waals surface area contributed by atoms with E-state index in [-0.39, 0.29) is 0 Å². The van der Waals surface area contributed by atoms with Crippen LogP contribution in [0.1, 0.15) is 44.9 Å². The van der Waals surface area contributed by atoms with Gasteiger partial charge in [0, 0.05) is 25.8 Å². The summed E-state index contributed by atoms with van der Waals surface area (Å²) in [6.07, 6.45) is 9.53. The Morgan fingerprint density at radius 1 is 1.17 bits per heavy atom. The van der Waals surface area contributed by atoms with Crippen molar-refractivity contribution < 1.29 is 4.74 Å². The standard InChI is InChI=1S/C15H30N2O/c1-16-15-6-4-10-17(13-15)9-3-2-5-14-7-11-18-12-8-14/h14-16H,2-13H2,1H3. The molecule has 0 radical (unpaired) electrons. The third-order valence-corrected chi connectivity index (χ3v) is 4.59. The van der Waals surface area contributed by atoms with Crippen molar-refractivity contribution in [1.82, 2.24) is 10.2 Å². The molecule has 3 heteroatoms. The van der Waals surface area contributed by atoms with E-state index in [0.29, 0.717) is 0 Å². The zero-order valence-electron chi connectivity index (χ0n) is 12.0. The lowest BCUT2D eigenvalue weighted by Gasteiger charge is -2.32. The molecule has 1 atom stereocenters. The minimum Gasteiger partial charge on any atom is -0.381 e. The van der Waals surface area contributed by atoms with Crippen molar-refractivity contribution in [2.45, 2.75) is 51.0 Å². The van der Waals surface area contributed by atoms with E-state index in [1.165, 1.54) is 64.6 Å². The molecule has 2 aliphatic rings. The highest BCUT2D eigenvalue weighted by Crippen LogP contribution is 2.21. The number of nitrogens with zero attached hydrogens (tertiary/aromatic N) is 1. The van der Waals surface area contributed by atoms with Gasteiger partial charge in [0.05, 0.1) is 0 Å². The molecule has 0 aromatic heterocycles. The lowest BCUT2D eigenvalue weighted by atomic mass is 9.94. The summed E-state index contributed by atoms with van der Waals surface area (Å²) in [7, 11) is 2.10. The molecule has 106 valence electrons. The van der Waals surface area contributed by atoms with Gasteiger partial charge in [-0.1, -0.05) is 12.8 Å². The number of nitrogens with one attached hydrogen (secondary N) is 1. The minimum atomic E-state index is 0.731. The second kappa shape index (κ2) is 8.13. The molecule has 0 aromatic rings. The van der Waals surface area contributed by atoms with E-state index in [1.807, 2.05) is 0 Å². The van der Waals surface area contributed by atoms with Crippen LogP contribution in [0.4, 0.5) is 0 Å². The summed E-state index contributed by atoms with van der Waals surface area (Å²) in [4.78, 5) is 2.65. The highest BCUT2D eigenvalue weighted by molar-refractivity contribution is 4.76. The zero-order valence-corrected chi connectivity index (χ0v) is 12.0. The van der Waals surface area contributed by atoms with Crippen LogP contribution in [0.2, 0.25) is 0 Å². The Kier molecular flexibility index (Phi) is 6.46. The quantitative estimate of drug-likeness (QED) is 0.736. The van der Waals surface area contributed by atoms with E-state index in [4.69, 9.17) is 4.74 Å².